The smallest absolute Gasteiger partial charge is 0.277 e. The maximum absolute atomic E-state index is 12.7. The quantitative estimate of drug-likeness (QED) is 0.474. The van der Waals surface area contributed by atoms with Gasteiger partial charge in [-0.1, -0.05) is 25.6 Å². The number of aryl methyl sites for hydroxylation is 1. The number of carbonyl (C=O) groups excluding carboxylic acids is 1. The van der Waals surface area contributed by atoms with Gasteiger partial charge in [-0.05, 0) is 58.2 Å². The minimum atomic E-state index is 0.114. The third kappa shape index (κ3) is 5.23. The summed E-state index contributed by atoms with van der Waals surface area (Å²) in [5, 5.41) is 8.67. The summed E-state index contributed by atoms with van der Waals surface area (Å²) in [5.74, 6) is 1.72. The number of rotatable bonds is 9. The summed E-state index contributed by atoms with van der Waals surface area (Å²) in [6.45, 7) is 12.4. The van der Waals surface area contributed by atoms with Crippen LogP contribution in [-0.4, -0.2) is 44.3 Å². The second-order valence-corrected chi connectivity index (χ2v) is 8.70. The van der Waals surface area contributed by atoms with Crippen LogP contribution >= 0.6 is 11.8 Å². The first-order valence-electron chi connectivity index (χ1n) is 9.81. The van der Waals surface area contributed by atoms with Crippen LogP contribution < -0.4 is 0 Å². The molecule has 6 nitrogen and oxygen atoms in total. The molecule has 2 aromatic heterocycles. The lowest BCUT2D eigenvalue weighted by Gasteiger charge is -2.11. The number of carbonyl (C=O) groups is 1. The zero-order chi connectivity index (χ0) is 19.4. The highest BCUT2D eigenvalue weighted by Crippen LogP contribution is 2.23. The number of ketones is 1. The van der Waals surface area contributed by atoms with Crippen LogP contribution in [0.2, 0.25) is 0 Å². The molecule has 0 N–H and O–H groups in total. The Balaban J connectivity index is 1.56. The second kappa shape index (κ2) is 9.06. The molecular weight excluding hydrogens is 360 g/mol. The number of aromatic nitrogens is 3. The van der Waals surface area contributed by atoms with Crippen molar-refractivity contribution in [3.63, 3.8) is 0 Å². The molecule has 1 fully saturated rings. The van der Waals surface area contributed by atoms with Gasteiger partial charge in [-0.15, -0.1) is 10.2 Å². The Kier molecular flexibility index (Phi) is 6.76. The van der Waals surface area contributed by atoms with Crippen LogP contribution in [0.1, 0.15) is 60.7 Å². The third-order valence-electron chi connectivity index (χ3n) is 5.14. The minimum absolute atomic E-state index is 0.114. The maximum atomic E-state index is 12.7. The third-order valence-corrected chi connectivity index (χ3v) is 5.96. The van der Waals surface area contributed by atoms with E-state index in [1.54, 1.807) is 0 Å². The van der Waals surface area contributed by atoms with E-state index in [4.69, 9.17) is 4.42 Å². The molecule has 0 bridgehead atoms. The normalized spacial score (nSPS) is 15.1. The van der Waals surface area contributed by atoms with Crippen LogP contribution in [0, 0.1) is 19.8 Å². The van der Waals surface area contributed by atoms with E-state index < -0.39 is 0 Å². The molecule has 1 aliphatic heterocycles. The van der Waals surface area contributed by atoms with Gasteiger partial charge in [0.15, 0.2) is 5.78 Å². The standard InChI is InChI=1S/C20H30N4O2S/c1-14(2)7-10-24-15(3)11-17(16(24)4)18(25)13-27-20-22-21-19(26-20)12-23-8-5-6-9-23/h11,14H,5-10,12-13H2,1-4H3. The molecule has 0 amide bonds. The summed E-state index contributed by atoms with van der Waals surface area (Å²) in [4.78, 5) is 15.0. The number of hydrogen-bond donors (Lipinski definition) is 0. The van der Waals surface area contributed by atoms with E-state index in [0.717, 1.165) is 43.0 Å². The van der Waals surface area contributed by atoms with Crippen LogP contribution in [0.25, 0.3) is 0 Å². The fraction of sp³-hybridized carbons (Fsp3) is 0.650. The summed E-state index contributed by atoms with van der Waals surface area (Å²) < 4.78 is 7.95. The lowest BCUT2D eigenvalue weighted by Crippen LogP contribution is -2.18. The second-order valence-electron chi connectivity index (χ2n) is 7.78. The van der Waals surface area contributed by atoms with Gasteiger partial charge in [-0.25, -0.2) is 0 Å². The zero-order valence-electron chi connectivity index (χ0n) is 16.8. The molecule has 0 saturated carbocycles. The molecule has 1 saturated heterocycles. The predicted molar refractivity (Wildman–Crippen MR) is 107 cm³/mol. The van der Waals surface area contributed by atoms with E-state index in [1.165, 1.54) is 24.6 Å². The molecule has 3 heterocycles. The fourth-order valence-corrected chi connectivity index (χ4v) is 4.18. The van der Waals surface area contributed by atoms with Crippen molar-refractivity contribution in [3.05, 3.63) is 28.9 Å². The van der Waals surface area contributed by atoms with Gasteiger partial charge in [-0.2, -0.15) is 0 Å². The largest absolute Gasteiger partial charge is 0.415 e. The maximum Gasteiger partial charge on any atom is 0.277 e. The Morgan fingerprint density at radius 1 is 1.26 bits per heavy atom. The van der Waals surface area contributed by atoms with Crippen molar-refractivity contribution < 1.29 is 9.21 Å². The molecule has 0 atom stereocenters. The molecule has 3 rings (SSSR count). The SMILES string of the molecule is Cc1cc(C(=O)CSc2nnc(CN3CCCC3)o2)c(C)n1CCC(C)C. The average molecular weight is 391 g/mol. The number of nitrogens with zero attached hydrogens (tertiary/aromatic N) is 4. The van der Waals surface area contributed by atoms with Crippen molar-refractivity contribution in [2.75, 3.05) is 18.8 Å². The Morgan fingerprint density at radius 3 is 2.70 bits per heavy atom. The molecule has 0 spiro atoms. The molecule has 0 aromatic carbocycles. The predicted octanol–water partition coefficient (Wildman–Crippen LogP) is 4.10. The summed E-state index contributed by atoms with van der Waals surface area (Å²) in [5.41, 5.74) is 3.01. The highest BCUT2D eigenvalue weighted by Gasteiger charge is 2.19. The van der Waals surface area contributed by atoms with Gasteiger partial charge in [0.1, 0.15) is 0 Å². The lowest BCUT2D eigenvalue weighted by molar-refractivity contribution is 0.102. The van der Waals surface area contributed by atoms with E-state index in [2.05, 4.69) is 40.4 Å². The summed E-state index contributed by atoms with van der Waals surface area (Å²) in [6, 6.07) is 2.01. The first kappa shape index (κ1) is 20.1. The monoisotopic (exact) mass is 390 g/mol. The molecule has 0 aliphatic carbocycles. The topological polar surface area (TPSA) is 64.2 Å². The molecule has 2 aromatic rings. The first-order valence-corrected chi connectivity index (χ1v) is 10.8. The van der Waals surface area contributed by atoms with Gasteiger partial charge in [0.05, 0.1) is 12.3 Å². The van der Waals surface area contributed by atoms with E-state index >= 15 is 0 Å². The van der Waals surface area contributed by atoms with Gasteiger partial charge in [-0.3, -0.25) is 9.69 Å². The zero-order valence-corrected chi connectivity index (χ0v) is 17.6. The van der Waals surface area contributed by atoms with E-state index in [-0.39, 0.29) is 5.78 Å². The van der Waals surface area contributed by atoms with Crippen molar-refractivity contribution in [1.29, 1.82) is 0 Å². The van der Waals surface area contributed by atoms with Crippen molar-refractivity contribution in [1.82, 2.24) is 19.7 Å². The Hall–Kier alpha value is -1.60. The summed E-state index contributed by atoms with van der Waals surface area (Å²) in [7, 11) is 0. The molecule has 148 valence electrons. The van der Waals surface area contributed by atoms with Gasteiger partial charge in [0.25, 0.3) is 5.22 Å². The van der Waals surface area contributed by atoms with E-state index in [9.17, 15) is 4.79 Å². The van der Waals surface area contributed by atoms with Gasteiger partial charge in [0.2, 0.25) is 5.89 Å². The first-order chi connectivity index (χ1) is 12.9. The van der Waals surface area contributed by atoms with Crippen LogP contribution in [0.15, 0.2) is 15.7 Å². The van der Waals surface area contributed by atoms with Crippen LogP contribution in [0.4, 0.5) is 0 Å². The van der Waals surface area contributed by atoms with Crippen molar-refractivity contribution in [2.45, 2.75) is 65.3 Å². The minimum Gasteiger partial charge on any atom is -0.415 e. The van der Waals surface area contributed by atoms with Gasteiger partial charge in [0, 0.05) is 23.5 Å². The number of hydrogen-bond acceptors (Lipinski definition) is 6. The molecule has 1 aliphatic rings. The van der Waals surface area contributed by atoms with Gasteiger partial charge < -0.3 is 8.98 Å². The Labute approximate surface area is 165 Å². The van der Waals surface area contributed by atoms with Crippen molar-refractivity contribution in [2.24, 2.45) is 5.92 Å². The molecular formula is C20H30N4O2S. The van der Waals surface area contributed by atoms with E-state index in [0.29, 0.717) is 29.3 Å². The highest BCUT2D eigenvalue weighted by atomic mass is 32.2. The number of thioether (sulfide) groups is 1. The van der Waals surface area contributed by atoms with E-state index in [1.807, 2.05) is 13.0 Å². The van der Waals surface area contributed by atoms with Crippen LogP contribution in [-0.2, 0) is 13.1 Å². The fourth-order valence-electron chi connectivity index (χ4n) is 3.51. The number of Topliss-reactive ketones (excluding diaryl/α,β-unsaturated/α-hetero) is 1. The lowest BCUT2D eigenvalue weighted by atomic mass is 10.1. The van der Waals surface area contributed by atoms with Crippen molar-refractivity contribution >= 4 is 17.5 Å². The van der Waals surface area contributed by atoms with Gasteiger partial charge >= 0.3 is 0 Å². The molecule has 7 heteroatoms. The highest BCUT2D eigenvalue weighted by molar-refractivity contribution is 7.99. The Bertz CT molecular complexity index is 775. The Morgan fingerprint density at radius 2 is 2.00 bits per heavy atom. The summed E-state index contributed by atoms with van der Waals surface area (Å²) >= 11 is 1.33. The summed E-state index contributed by atoms with van der Waals surface area (Å²) in [6.07, 6.45) is 3.58. The molecule has 27 heavy (non-hydrogen) atoms. The van der Waals surface area contributed by atoms with Crippen LogP contribution in [0.5, 0.6) is 0 Å². The molecule has 0 radical (unpaired) electrons. The van der Waals surface area contributed by atoms with Crippen LogP contribution in [0.3, 0.4) is 0 Å². The molecule has 0 unspecified atom stereocenters. The average Bonchev–Trinajstić information content (AvgIpc) is 3.34. The number of likely N-dealkylation sites (tertiary alicyclic amines) is 1. The van der Waals surface area contributed by atoms with Crippen molar-refractivity contribution in [3.8, 4) is 0 Å².